The van der Waals surface area contributed by atoms with Gasteiger partial charge in [0.15, 0.2) is 0 Å². The number of hydrogen-bond donors (Lipinski definition) is 1. The molecule has 27 heavy (non-hydrogen) atoms. The average Bonchev–Trinajstić information content (AvgIpc) is 3.10. The maximum Gasteiger partial charge on any atom is 0.224 e. The van der Waals surface area contributed by atoms with Gasteiger partial charge in [-0.15, -0.1) is 0 Å². The monoisotopic (exact) mass is 364 g/mol. The summed E-state index contributed by atoms with van der Waals surface area (Å²) in [6, 6.07) is 13.0. The Morgan fingerprint density at radius 1 is 1.22 bits per heavy atom. The first-order valence-electron chi connectivity index (χ1n) is 10.1. The predicted molar refractivity (Wildman–Crippen MR) is 110 cm³/mol. The number of fused-ring (bicyclic) bond motifs is 3. The van der Waals surface area contributed by atoms with Crippen LogP contribution in [0.5, 0.6) is 0 Å². The molecule has 4 heteroatoms. The molecular weight excluding hydrogens is 336 g/mol. The quantitative estimate of drug-likeness (QED) is 0.655. The summed E-state index contributed by atoms with van der Waals surface area (Å²) in [7, 11) is 0. The molecule has 0 saturated carbocycles. The van der Waals surface area contributed by atoms with Crippen LogP contribution in [0.2, 0.25) is 0 Å². The van der Waals surface area contributed by atoms with Crippen LogP contribution in [0.3, 0.4) is 0 Å². The molecule has 0 bridgehead atoms. The van der Waals surface area contributed by atoms with Gasteiger partial charge in [0.1, 0.15) is 5.58 Å². The minimum absolute atomic E-state index is 0.0670. The number of hydrogen-bond acceptors (Lipinski definition) is 3. The van der Waals surface area contributed by atoms with Crippen molar-refractivity contribution in [3.63, 3.8) is 0 Å². The second-order valence-corrected chi connectivity index (χ2v) is 7.68. The number of rotatable bonds is 6. The van der Waals surface area contributed by atoms with Crippen LogP contribution >= 0.6 is 0 Å². The molecule has 4 nitrogen and oxygen atoms in total. The van der Waals surface area contributed by atoms with E-state index in [0.29, 0.717) is 12.5 Å². The molecular formula is C23H28N2O2. The zero-order valence-electron chi connectivity index (χ0n) is 16.0. The normalized spacial score (nSPS) is 18.2. The number of benzene rings is 2. The highest BCUT2D eigenvalue weighted by molar-refractivity contribution is 6.08. The van der Waals surface area contributed by atoms with Gasteiger partial charge in [0.2, 0.25) is 5.91 Å². The third-order valence-electron chi connectivity index (χ3n) is 5.78. The molecule has 1 saturated heterocycles. The lowest BCUT2D eigenvalue weighted by Crippen LogP contribution is -2.39. The Labute approximate surface area is 160 Å². The molecule has 3 aromatic rings. The zero-order valence-corrected chi connectivity index (χ0v) is 16.0. The van der Waals surface area contributed by atoms with Gasteiger partial charge in [-0.2, -0.15) is 0 Å². The summed E-state index contributed by atoms with van der Waals surface area (Å²) in [4.78, 5) is 15.0. The summed E-state index contributed by atoms with van der Waals surface area (Å²) in [5.74, 6) is 0.0670. The Kier molecular flexibility index (Phi) is 5.44. The molecule has 1 aliphatic rings. The van der Waals surface area contributed by atoms with Crippen molar-refractivity contribution in [3.8, 4) is 0 Å². The largest absolute Gasteiger partial charge is 0.464 e. The minimum Gasteiger partial charge on any atom is -0.464 e. The second kappa shape index (κ2) is 8.13. The molecule has 1 aliphatic heterocycles. The summed E-state index contributed by atoms with van der Waals surface area (Å²) in [5, 5.41) is 6.46. The van der Waals surface area contributed by atoms with Crippen LogP contribution in [0.4, 0.5) is 0 Å². The molecule has 2 aromatic carbocycles. The highest BCUT2D eigenvalue weighted by Gasteiger charge is 2.17. The highest BCUT2D eigenvalue weighted by atomic mass is 16.3. The second-order valence-electron chi connectivity index (χ2n) is 7.68. The lowest BCUT2D eigenvalue weighted by Gasteiger charge is -2.33. The topological polar surface area (TPSA) is 45.5 Å². The number of piperidine rings is 1. The summed E-state index contributed by atoms with van der Waals surface area (Å²) >= 11 is 0. The van der Waals surface area contributed by atoms with Crippen molar-refractivity contribution >= 4 is 27.6 Å². The fourth-order valence-corrected chi connectivity index (χ4v) is 4.24. The van der Waals surface area contributed by atoms with Crippen LogP contribution in [0.15, 0.2) is 47.1 Å². The molecule has 0 spiro atoms. The van der Waals surface area contributed by atoms with E-state index in [1.807, 2.05) is 18.2 Å². The Morgan fingerprint density at radius 3 is 3.00 bits per heavy atom. The van der Waals surface area contributed by atoms with Crippen LogP contribution in [0, 0.1) is 0 Å². The van der Waals surface area contributed by atoms with E-state index in [1.54, 1.807) is 6.26 Å². The zero-order chi connectivity index (χ0) is 18.6. The summed E-state index contributed by atoms with van der Waals surface area (Å²) in [5.41, 5.74) is 1.81. The van der Waals surface area contributed by atoms with Gasteiger partial charge in [0.05, 0.1) is 12.7 Å². The first-order chi connectivity index (χ1) is 13.2. The number of amides is 1. The molecule has 142 valence electrons. The number of carbonyl (C=O) groups excluding carboxylic acids is 1. The summed E-state index contributed by atoms with van der Waals surface area (Å²) in [6.45, 7) is 5.31. The smallest absolute Gasteiger partial charge is 0.224 e. The molecule has 1 aromatic heterocycles. The summed E-state index contributed by atoms with van der Waals surface area (Å²) in [6.07, 6.45) is 7.05. The van der Waals surface area contributed by atoms with Gasteiger partial charge in [0.25, 0.3) is 0 Å². The van der Waals surface area contributed by atoms with E-state index in [-0.39, 0.29) is 5.91 Å². The number of nitrogens with zero attached hydrogens (tertiary/aromatic N) is 1. The van der Waals surface area contributed by atoms with Gasteiger partial charge < -0.3 is 14.6 Å². The van der Waals surface area contributed by atoms with E-state index >= 15 is 0 Å². The Morgan fingerprint density at radius 2 is 2.11 bits per heavy atom. The van der Waals surface area contributed by atoms with Gasteiger partial charge in [-0.25, -0.2) is 0 Å². The molecule has 1 fully saturated rings. The van der Waals surface area contributed by atoms with E-state index in [1.165, 1.54) is 31.2 Å². The number of furan rings is 1. The minimum atomic E-state index is 0.0670. The molecule has 0 unspecified atom stereocenters. The fraction of sp³-hybridized carbons (Fsp3) is 0.435. The number of nitrogens with one attached hydrogen (secondary N) is 1. The molecule has 1 amide bonds. The molecule has 1 N–H and O–H groups in total. The molecule has 0 aliphatic carbocycles. The van der Waals surface area contributed by atoms with E-state index < -0.39 is 0 Å². The van der Waals surface area contributed by atoms with Gasteiger partial charge in [-0.3, -0.25) is 4.79 Å². The van der Waals surface area contributed by atoms with Crippen molar-refractivity contribution in [1.82, 2.24) is 10.2 Å². The number of carbonyl (C=O) groups is 1. The predicted octanol–water partition coefficient (Wildman–Crippen LogP) is 4.51. The standard InChI is InChI=1S/C23H28N2O2/c1-17-7-4-5-13-25(17)14-6-12-24-22(26)15-19-16-27-21-11-10-18-8-2-3-9-20(18)23(19)21/h2-3,8-11,16-17H,4-7,12-15H2,1H3,(H,24,26)/t17-/m1/s1. The van der Waals surface area contributed by atoms with Crippen LogP contribution in [-0.2, 0) is 11.2 Å². The third-order valence-corrected chi connectivity index (χ3v) is 5.78. The van der Waals surface area contributed by atoms with Gasteiger partial charge in [-0.05, 0) is 49.6 Å². The van der Waals surface area contributed by atoms with Gasteiger partial charge in [0, 0.05) is 30.1 Å². The van der Waals surface area contributed by atoms with Crippen molar-refractivity contribution in [3.05, 3.63) is 48.2 Å². The first-order valence-corrected chi connectivity index (χ1v) is 10.1. The van der Waals surface area contributed by atoms with E-state index in [0.717, 1.165) is 41.4 Å². The Bertz CT molecular complexity index is 930. The SMILES string of the molecule is C[C@@H]1CCCCN1CCCNC(=O)Cc1coc2ccc3ccccc3c12. The van der Waals surface area contributed by atoms with Crippen LogP contribution in [-0.4, -0.2) is 36.5 Å². The lowest BCUT2D eigenvalue weighted by atomic mass is 10.0. The average molecular weight is 364 g/mol. The lowest BCUT2D eigenvalue weighted by molar-refractivity contribution is -0.120. The maximum atomic E-state index is 12.4. The Hall–Kier alpha value is -2.33. The molecule has 1 atom stereocenters. The van der Waals surface area contributed by atoms with Gasteiger partial charge >= 0.3 is 0 Å². The first kappa shape index (κ1) is 18.1. The van der Waals surface area contributed by atoms with Crippen LogP contribution < -0.4 is 5.32 Å². The van der Waals surface area contributed by atoms with Crippen LogP contribution in [0.1, 0.15) is 38.2 Å². The van der Waals surface area contributed by atoms with E-state index in [2.05, 4.69) is 35.3 Å². The Balaban J connectivity index is 1.35. The number of likely N-dealkylation sites (tertiary alicyclic amines) is 1. The molecule has 4 rings (SSSR count). The van der Waals surface area contributed by atoms with E-state index in [9.17, 15) is 4.79 Å². The van der Waals surface area contributed by atoms with Crippen molar-refractivity contribution in [1.29, 1.82) is 0 Å². The molecule has 0 radical (unpaired) electrons. The van der Waals surface area contributed by atoms with Crippen molar-refractivity contribution in [2.45, 2.75) is 45.1 Å². The van der Waals surface area contributed by atoms with E-state index in [4.69, 9.17) is 4.42 Å². The highest BCUT2D eigenvalue weighted by Crippen LogP contribution is 2.30. The van der Waals surface area contributed by atoms with Crippen molar-refractivity contribution in [2.24, 2.45) is 0 Å². The fourth-order valence-electron chi connectivity index (χ4n) is 4.24. The molecule has 2 heterocycles. The van der Waals surface area contributed by atoms with Gasteiger partial charge in [-0.1, -0.05) is 36.8 Å². The van der Waals surface area contributed by atoms with Crippen molar-refractivity contribution in [2.75, 3.05) is 19.6 Å². The maximum absolute atomic E-state index is 12.4. The summed E-state index contributed by atoms with van der Waals surface area (Å²) < 4.78 is 5.69. The van der Waals surface area contributed by atoms with Crippen LogP contribution in [0.25, 0.3) is 21.7 Å². The van der Waals surface area contributed by atoms with Crippen molar-refractivity contribution < 1.29 is 9.21 Å². The third kappa shape index (κ3) is 4.01.